The average Bonchev–Trinajstić information content (AvgIpc) is 2.75. The van der Waals surface area contributed by atoms with Crippen LogP contribution in [0.15, 0.2) is 30.3 Å². The number of hydrogen-bond acceptors (Lipinski definition) is 4. The molecule has 0 N–H and O–H groups in total. The summed E-state index contributed by atoms with van der Waals surface area (Å²) in [5.41, 5.74) is 1.21. The van der Waals surface area contributed by atoms with Gasteiger partial charge in [-0.15, -0.1) is 0 Å². The maximum absolute atomic E-state index is 13.1. The van der Waals surface area contributed by atoms with E-state index >= 15 is 0 Å². The molecule has 1 atom stereocenters. The van der Waals surface area contributed by atoms with E-state index in [0.29, 0.717) is 39.4 Å². The van der Waals surface area contributed by atoms with Crippen LogP contribution >= 0.6 is 0 Å². The molecule has 2 amide bonds. The molecule has 2 aliphatic heterocycles. The number of morpholine rings is 1. The van der Waals surface area contributed by atoms with Crippen LogP contribution in [0.1, 0.15) is 31.7 Å². The zero-order valence-electron chi connectivity index (χ0n) is 17.2. The fraction of sp³-hybridized carbons (Fsp3) is 0.636. The molecule has 0 radical (unpaired) electrons. The number of benzene rings is 1. The third-order valence-corrected chi connectivity index (χ3v) is 5.96. The first-order valence-electron chi connectivity index (χ1n) is 10.5. The Bertz CT molecular complexity index is 638. The first kappa shape index (κ1) is 20.8. The minimum absolute atomic E-state index is 0.0456. The van der Waals surface area contributed by atoms with Gasteiger partial charge >= 0.3 is 0 Å². The molecule has 0 saturated carbocycles. The van der Waals surface area contributed by atoms with Gasteiger partial charge in [0, 0.05) is 38.6 Å². The summed E-state index contributed by atoms with van der Waals surface area (Å²) in [7, 11) is 2.02. The van der Waals surface area contributed by atoms with E-state index in [4.69, 9.17) is 4.74 Å². The van der Waals surface area contributed by atoms with E-state index in [0.717, 1.165) is 25.8 Å². The van der Waals surface area contributed by atoms with Crippen LogP contribution in [0.2, 0.25) is 0 Å². The van der Waals surface area contributed by atoms with Crippen LogP contribution in [-0.4, -0.2) is 79.0 Å². The van der Waals surface area contributed by atoms with Crippen molar-refractivity contribution >= 4 is 11.8 Å². The molecule has 0 aliphatic carbocycles. The van der Waals surface area contributed by atoms with Crippen molar-refractivity contribution in [3.8, 4) is 0 Å². The highest BCUT2D eigenvalue weighted by Crippen LogP contribution is 2.22. The van der Waals surface area contributed by atoms with Crippen LogP contribution in [0.25, 0.3) is 0 Å². The molecule has 0 bridgehead atoms. The largest absolute Gasteiger partial charge is 0.378 e. The second kappa shape index (κ2) is 10.0. The van der Waals surface area contributed by atoms with Crippen LogP contribution in [0.4, 0.5) is 0 Å². The van der Waals surface area contributed by atoms with Gasteiger partial charge in [0.25, 0.3) is 0 Å². The zero-order chi connectivity index (χ0) is 19.9. The lowest BCUT2D eigenvalue weighted by molar-refractivity contribution is -0.145. The van der Waals surface area contributed by atoms with Crippen molar-refractivity contribution in [2.75, 3.05) is 46.4 Å². The van der Waals surface area contributed by atoms with Crippen LogP contribution in [0, 0.1) is 5.92 Å². The number of likely N-dealkylation sites (tertiary alicyclic amines) is 1. The van der Waals surface area contributed by atoms with Crippen molar-refractivity contribution in [3.05, 3.63) is 35.9 Å². The Morgan fingerprint density at radius 1 is 1.07 bits per heavy atom. The van der Waals surface area contributed by atoms with Gasteiger partial charge in [-0.25, -0.2) is 0 Å². The van der Waals surface area contributed by atoms with E-state index in [1.165, 1.54) is 5.56 Å². The molecular formula is C22H33N3O3. The molecule has 0 spiro atoms. The molecule has 3 rings (SSSR count). The predicted octanol–water partition coefficient (Wildman–Crippen LogP) is 1.99. The molecule has 0 aromatic heterocycles. The molecule has 6 heteroatoms. The van der Waals surface area contributed by atoms with Gasteiger partial charge in [-0.2, -0.15) is 0 Å². The van der Waals surface area contributed by atoms with E-state index in [-0.39, 0.29) is 23.8 Å². The van der Waals surface area contributed by atoms with Gasteiger partial charge in [-0.3, -0.25) is 14.5 Å². The number of nitrogens with zero attached hydrogens (tertiary/aromatic N) is 3. The topological polar surface area (TPSA) is 53.1 Å². The normalized spacial score (nSPS) is 19.7. The summed E-state index contributed by atoms with van der Waals surface area (Å²) in [4.78, 5) is 31.8. The summed E-state index contributed by atoms with van der Waals surface area (Å²) in [5, 5.41) is 0. The average molecular weight is 388 g/mol. The monoisotopic (exact) mass is 387 g/mol. The highest BCUT2D eigenvalue weighted by atomic mass is 16.5. The maximum atomic E-state index is 13.1. The highest BCUT2D eigenvalue weighted by molar-refractivity contribution is 5.83. The number of likely N-dealkylation sites (N-methyl/N-ethyl adjacent to an activating group) is 1. The zero-order valence-corrected chi connectivity index (χ0v) is 17.2. The molecule has 1 aromatic rings. The van der Waals surface area contributed by atoms with E-state index < -0.39 is 0 Å². The Morgan fingerprint density at radius 2 is 1.71 bits per heavy atom. The van der Waals surface area contributed by atoms with Gasteiger partial charge in [0.1, 0.15) is 0 Å². The van der Waals surface area contributed by atoms with Gasteiger partial charge < -0.3 is 14.5 Å². The number of hydrogen-bond donors (Lipinski definition) is 0. The van der Waals surface area contributed by atoms with E-state index in [1.807, 2.05) is 35.0 Å². The van der Waals surface area contributed by atoms with Crippen LogP contribution in [0.3, 0.4) is 0 Å². The molecule has 2 heterocycles. The van der Waals surface area contributed by atoms with Crippen molar-refractivity contribution in [1.82, 2.24) is 14.7 Å². The number of carbonyl (C=O) groups is 2. The van der Waals surface area contributed by atoms with Crippen LogP contribution in [-0.2, 0) is 20.9 Å². The minimum Gasteiger partial charge on any atom is -0.378 e. The SMILES string of the molecule is CC[C@H](C(=O)N1CCC(C(=O)N2CCOCC2)CC1)N(C)Cc1ccccc1. The quantitative estimate of drug-likeness (QED) is 0.749. The third kappa shape index (κ3) is 5.11. The fourth-order valence-electron chi connectivity index (χ4n) is 4.26. The fourth-order valence-corrected chi connectivity index (χ4v) is 4.26. The second-order valence-corrected chi connectivity index (χ2v) is 7.86. The lowest BCUT2D eigenvalue weighted by Crippen LogP contribution is -2.51. The first-order chi connectivity index (χ1) is 13.6. The molecule has 2 saturated heterocycles. The van der Waals surface area contributed by atoms with Crippen molar-refractivity contribution in [2.24, 2.45) is 5.92 Å². The Labute approximate surface area is 168 Å². The minimum atomic E-state index is -0.119. The number of ether oxygens (including phenoxy) is 1. The summed E-state index contributed by atoms with van der Waals surface area (Å²) in [5.74, 6) is 0.478. The maximum Gasteiger partial charge on any atom is 0.239 e. The van der Waals surface area contributed by atoms with Crippen molar-refractivity contribution < 1.29 is 14.3 Å². The Morgan fingerprint density at radius 3 is 2.32 bits per heavy atom. The molecule has 1 aromatic carbocycles. The number of piperidine rings is 1. The molecule has 2 aliphatic rings. The van der Waals surface area contributed by atoms with Crippen LogP contribution < -0.4 is 0 Å². The van der Waals surface area contributed by atoms with E-state index in [1.54, 1.807) is 0 Å². The number of rotatable bonds is 6. The summed E-state index contributed by atoms with van der Waals surface area (Å²) < 4.78 is 5.34. The summed E-state index contributed by atoms with van der Waals surface area (Å²) in [6.07, 6.45) is 2.32. The third-order valence-electron chi connectivity index (χ3n) is 5.96. The first-order valence-corrected chi connectivity index (χ1v) is 10.5. The standard InChI is InChI=1S/C22H33N3O3/c1-3-20(23(2)17-18-7-5-4-6-8-18)22(27)24-11-9-19(10-12-24)21(26)25-13-15-28-16-14-25/h4-8,19-20H,3,9-17H2,1-2H3/t20-/m1/s1. The van der Waals surface area contributed by atoms with E-state index in [9.17, 15) is 9.59 Å². The summed E-state index contributed by atoms with van der Waals surface area (Å²) in [6, 6.07) is 10.1. The summed E-state index contributed by atoms with van der Waals surface area (Å²) in [6.45, 7) is 6.84. The molecule has 6 nitrogen and oxygen atoms in total. The van der Waals surface area contributed by atoms with Gasteiger partial charge in [0.2, 0.25) is 11.8 Å². The molecule has 28 heavy (non-hydrogen) atoms. The van der Waals surface area contributed by atoms with Gasteiger partial charge in [0.15, 0.2) is 0 Å². The molecule has 2 fully saturated rings. The molecule has 0 unspecified atom stereocenters. The second-order valence-electron chi connectivity index (χ2n) is 7.86. The predicted molar refractivity (Wildman–Crippen MR) is 109 cm³/mol. The van der Waals surface area contributed by atoms with Gasteiger partial charge in [-0.05, 0) is 31.9 Å². The molecular weight excluding hydrogens is 354 g/mol. The number of carbonyl (C=O) groups excluding carboxylic acids is 2. The lowest BCUT2D eigenvalue weighted by atomic mass is 9.94. The summed E-state index contributed by atoms with van der Waals surface area (Å²) >= 11 is 0. The van der Waals surface area contributed by atoms with Crippen LogP contribution in [0.5, 0.6) is 0 Å². The lowest BCUT2D eigenvalue weighted by Gasteiger charge is -2.38. The van der Waals surface area contributed by atoms with Gasteiger partial charge in [0.05, 0.1) is 19.3 Å². The Balaban J connectivity index is 1.52. The molecule has 154 valence electrons. The van der Waals surface area contributed by atoms with Crippen molar-refractivity contribution in [2.45, 2.75) is 38.8 Å². The van der Waals surface area contributed by atoms with Crippen molar-refractivity contribution in [3.63, 3.8) is 0 Å². The highest BCUT2D eigenvalue weighted by Gasteiger charge is 2.33. The Hall–Kier alpha value is -1.92. The van der Waals surface area contributed by atoms with E-state index in [2.05, 4.69) is 24.0 Å². The van der Waals surface area contributed by atoms with Crippen molar-refractivity contribution in [1.29, 1.82) is 0 Å². The van der Waals surface area contributed by atoms with Gasteiger partial charge in [-0.1, -0.05) is 37.3 Å². The smallest absolute Gasteiger partial charge is 0.239 e. The Kier molecular flexibility index (Phi) is 7.45. The number of amides is 2.